The molecule has 0 aliphatic heterocycles. The molecule has 8 heteroatoms. The summed E-state index contributed by atoms with van der Waals surface area (Å²) < 4.78 is 47.4. The molecule has 1 N–H and O–H groups in total. The molecule has 0 atom stereocenters. The number of carbonyl (C=O) groups excluding carboxylic acids is 1. The first-order valence-electron chi connectivity index (χ1n) is 9.21. The lowest BCUT2D eigenvalue weighted by Crippen LogP contribution is -2.14. The van der Waals surface area contributed by atoms with Crippen LogP contribution in [0.2, 0.25) is 0 Å². The Bertz CT molecular complexity index is 1240. The number of benzene rings is 3. The zero-order valence-electron chi connectivity index (χ0n) is 16.3. The minimum absolute atomic E-state index is 0.123. The summed E-state index contributed by atoms with van der Waals surface area (Å²) >= 11 is 0. The van der Waals surface area contributed by atoms with Crippen LogP contribution < -0.4 is 10.1 Å². The van der Waals surface area contributed by atoms with Gasteiger partial charge in [0.25, 0.3) is 5.91 Å². The largest absolute Gasteiger partial charge is 0.497 e. The van der Waals surface area contributed by atoms with Crippen molar-refractivity contribution in [2.75, 3.05) is 12.4 Å². The standard InChI is InChI=1S/C23H16F3N3O2/c1-31-16-9-7-14(8-10-16)22-17(13-29(28-22)15-5-3-2-4-6-15)23(30)27-21-12-19(25)18(24)11-20(21)26/h2-13H,1H3,(H,27,30). The lowest BCUT2D eigenvalue weighted by atomic mass is 10.1. The van der Waals surface area contributed by atoms with Crippen LogP contribution in [0.25, 0.3) is 16.9 Å². The number of halogens is 3. The second-order valence-electron chi connectivity index (χ2n) is 6.60. The van der Waals surface area contributed by atoms with Crippen molar-refractivity contribution in [3.05, 3.63) is 95.9 Å². The molecule has 1 amide bonds. The van der Waals surface area contributed by atoms with Crippen LogP contribution in [0.5, 0.6) is 5.75 Å². The minimum atomic E-state index is -1.34. The Kier molecular flexibility index (Phi) is 5.44. The molecule has 0 spiro atoms. The fourth-order valence-corrected chi connectivity index (χ4v) is 3.02. The third-order valence-electron chi connectivity index (χ3n) is 4.60. The van der Waals surface area contributed by atoms with Gasteiger partial charge in [0.15, 0.2) is 11.6 Å². The number of para-hydroxylation sites is 1. The van der Waals surface area contributed by atoms with E-state index < -0.39 is 29.0 Å². The molecule has 156 valence electrons. The van der Waals surface area contributed by atoms with Gasteiger partial charge in [-0.3, -0.25) is 4.79 Å². The molecule has 0 radical (unpaired) electrons. The molecule has 1 aromatic heterocycles. The number of carbonyl (C=O) groups is 1. The van der Waals surface area contributed by atoms with E-state index in [-0.39, 0.29) is 5.56 Å². The van der Waals surface area contributed by atoms with Gasteiger partial charge in [-0.15, -0.1) is 0 Å². The molecule has 0 saturated carbocycles. The van der Waals surface area contributed by atoms with Crippen molar-refractivity contribution in [1.29, 1.82) is 0 Å². The summed E-state index contributed by atoms with van der Waals surface area (Å²) in [5, 5.41) is 6.80. The fraction of sp³-hybridized carbons (Fsp3) is 0.0435. The van der Waals surface area contributed by atoms with Gasteiger partial charge >= 0.3 is 0 Å². The fourth-order valence-electron chi connectivity index (χ4n) is 3.02. The van der Waals surface area contributed by atoms with Crippen LogP contribution in [0.4, 0.5) is 18.9 Å². The van der Waals surface area contributed by atoms with Gasteiger partial charge in [0.1, 0.15) is 17.3 Å². The smallest absolute Gasteiger partial charge is 0.259 e. The summed E-state index contributed by atoms with van der Waals surface area (Å²) in [5.41, 5.74) is 1.30. The first kappa shape index (κ1) is 20.2. The van der Waals surface area contributed by atoms with Gasteiger partial charge < -0.3 is 10.1 Å². The van der Waals surface area contributed by atoms with Crippen molar-refractivity contribution in [3.63, 3.8) is 0 Å². The number of anilines is 1. The van der Waals surface area contributed by atoms with E-state index in [2.05, 4.69) is 10.4 Å². The maximum Gasteiger partial charge on any atom is 0.259 e. The van der Waals surface area contributed by atoms with Crippen LogP contribution >= 0.6 is 0 Å². The number of amides is 1. The lowest BCUT2D eigenvalue weighted by Gasteiger charge is -2.07. The van der Waals surface area contributed by atoms with Gasteiger partial charge in [-0.05, 0) is 36.4 Å². The Labute approximate surface area is 175 Å². The summed E-state index contributed by atoms with van der Waals surface area (Å²) in [6, 6.07) is 17.0. The molecular formula is C23H16F3N3O2. The third kappa shape index (κ3) is 4.13. The zero-order chi connectivity index (χ0) is 22.0. The van der Waals surface area contributed by atoms with Crippen molar-refractivity contribution in [2.45, 2.75) is 0 Å². The van der Waals surface area contributed by atoms with Crippen LogP contribution in [-0.2, 0) is 0 Å². The first-order valence-corrected chi connectivity index (χ1v) is 9.21. The Morgan fingerprint density at radius 1 is 0.935 bits per heavy atom. The van der Waals surface area contributed by atoms with Crippen molar-refractivity contribution in [3.8, 4) is 22.7 Å². The maximum absolute atomic E-state index is 14.0. The molecule has 4 rings (SSSR count). The third-order valence-corrected chi connectivity index (χ3v) is 4.60. The highest BCUT2D eigenvalue weighted by atomic mass is 19.2. The lowest BCUT2D eigenvalue weighted by molar-refractivity contribution is 0.102. The molecule has 0 aliphatic rings. The normalized spacial score (nSPS) is 10.7. The highest BCUT2D eigenvalue weighted by Gasteiger charge is 2.21. The number of ether oxygens (including phenoxy) is 1. The molecule has 0 bridgehead atoms. The Morgan fingerprint density at radius 2 is 1.61 bits per heavy atom. The quantitative estimate of drug-likeness (QED) is 0.448. The molecule has 31 heavy (non-hydrogen) atoms. The van der Waals surface area contributed by atoms with Crippen LogP contribution in [0, 0.1) is 17.5 Å². The Hall–Kier alpha value is -4.07. The zero-order valence-corrected chi connectivity index (χ0v) is 16.3. The number of hydrogen-bond acceptors (Lipinski definition) is 3. The summed E-state index contributed by atoms with van der Waals surface area (Å²) in [6.45, 7) is 0. The van der Waals surface area contributed by atoms with Gasteiger partial charge in [-0.25, -0.2) is 17.9 Å². The average molecular weight is 423 g/mol. The van der Waals surface area contributed by atoms with Crippen LogP contribution in [0.15, 0.2) is 72.9 Å². The van der Waals surface area contributed by atoms with Gasteiger partial charge in [0.05, 0.1) is 24.0 Å². The van der Waals surface area contributed by atoms with E-state index in [1.54, 1.807) is 24.3 Å². The SMILES string of the molecule is COc1ccc(-c2nn(-c3ccccc3)cc2C(=O)Nc2cc(F)c(F)cc2F)cc1. The predicted molar refractivity (Wildman–Crippen MR) is 110 cm³/mol. The first-order chi connectivity index (χ1) is 15.0. The van der Waals surface area contributed by atoms with E-state index in [1.165, 1.54) is 18.0 Å². The van der Waals surface area contributed by atoms with Crippen molar-refractivity contribution < 1.29 is 22.7 Å². The summed E-state index contributed by atoms with van der Waals surface area (Å²) in [5.74, 6) is -3.80. The van der Waals surface area contributed by atoms with Gasteiger partial charge in [-0.1, -0.05) is 18.2 Å². The highest BCUT2D eigenvalue weighted by Crippen LogP contribution is 2.27. The molecule has 0 aliphatic carbocycles. The highest BCUT2D eigenvalue weighted by molar-refractivity contribution is 6.08. The van der Waals surface area contributed by atoms with Crippen molar-refractivity contribution in [2.24, 2.45) is 0 Å². The Morgan fingerprint density at radius 3 is 2.29 bits per heavy atom. The molecule has 0 saturated heterocycles. The molecular weight excluding hydrogens is 407 g/mol. The minimum Gasteiger partial charge on any atom is -0.497 e. The van der Waals surface area contributed by atoms with Gasteiger partial charge in [0.2, 0.25) is 0 Å². The number of nitrogens with one attached hydrogen (secondary N) is 1. The summed E-state index contributed by atoms with van der Waals surface area (Å²) in [4.78, 5) is 13.0. The van der Waals surface area contributed by atoms with E-state index >= 15 is 0 Å². The monoisotopic (exact) mass is 423 g/mol. The van der Waals surface area contributed by atoms with Crippen molar-refractivity contribution >= 4 is 11.6 Å². The average Bonchev–Trinajstić information content (AvgIpc) is 3.24. The molecule has 4 aromatic rings. The van der Waals surface area contributed by atoms with E-state index in [4.69, 9.17) is 4.74 Å². The van der Waals surface area contributed by atoms with E-state index in [0.717, 1.165) is 0 Å². The summed E-state index contributed by atoms with van der Waals surface area (Å²) in [7, 11) is 1.54. The van der Waals surface area contributed by atoms with E-state index in [9.17, 15) is 18.0 Å². The second-order valence-corrected chi connectivity index (χ2v) is 6.60. The van der Waals surface area contributed by atoms with Crippen LogP contribution in [0.3, 0.4) is 0 Å². The predicted octanol–water partition coefficient (Wildman–Crippen LogP) is 5.22. The number of hydrogen-bond donors (Lipinski definition) is 1. The van der Waals surface area contributed by atoms with E-state index in [0.29, 0.717) is 34.8 Å². The molecule has 0 fully saturated rings. The number of nitrogens with zero attached hydrogens (tertiary/aromatic N) is 2. The summed E-state index contributed by atoms with van der Waals surface area (Å²) in [6.07, 6.45) is 1.49. The second kappa shape index (κ2) is 8.35. The number of methoxy groups -OCH3 is 1. The molecule has 5 nitrogen and oxygen atoms in total. The number of aromatic nitrogens is 2. The van der Waals surface area contributed by atoms with Crippen molar-refractivity contribution in [1.82, 2.24) is 9.78 Å². The van der Waals surface area contributed by atoms with E-state index in [1.807, 2.05) is 30.3 Å². The topological polar surface area (TPSA) is 56.2 Å². The van der Waals surface area contributed by atoms with Crippen LogP contribution in [0.1, 0.15) is 10.4 Å². The Balaban J connectivity index is 1.76. The maximum atomic E-state index is 14.0. The van der Waals surface area contributed by atoms with Crippen LogP contribution in [-0.4, -0.2) is 22.8 Å². The van der Waals surface area contributed by atoms with Gasteiger partial charge in [0, 0.05) is 23.9 Å². The molecule has 1 heterocycles. The van der Waals surface area contributed by atoms with Gasteiger partial charge in [-0.2, -0.15) is 5.10 Å². The molecule has 0 unspecified atom stereocenters. The molecule has 3 aromatic carbocycles. The number of rotatable bonds is 5.